The highest BCUT2D eigenvalue weighted by atomic mass is 31.2. The molecule has 0 amide bonds. The normalized spacial score (nSPS) is 13.6. The van der Waals surface area contributed by atoms with E-state index in [1.807, 2.05) is 30.3 Å². The van der Waals surface area contributed by atoms with Gasteiger partial charge in [-0.25, -0.2) is 0 Å². The fourth-order valence-electron chi connectivity index (χ4n) is 1.58. The highest BCUT2D eigenvalue weighted by Crippen LogP contribution is 2.50. The van der Waals surface area contributed by atoms with Crippen molar-refractivity contribution >= 4 is 7.60 Å². The molecule has 5 heteroatoms. The molecule has 4 nitrogen and oxygen atoms in total. The summed E-state index contributed by atoms with van der Waals surface area (Å²) in [6.45, 7) is 4.30. The molecule has 1 aromatic rings. The highest BCUT2D eigenvalue weighted by Gasteiger charge is 2.27. The molecule has 0 heterocycles. The van der Waals surface area contributed by atoms with Gasteiger partial charge in [-0.2, -0.15) is 0 Å². The lowest BCUT2D eigenvalue weighted by Crippen LogP contribution is -2.17. The molecule has 0 aliphatic rings. The van der Waals surface area contributed by atoms with Crippen LogP contribution < -0.4 is 5.73 Å². The maximum Gasteiger partial charge on any atom is 0.332 e. The van der Waals surface area contributed by atoms with Crippen molar-refractivity contribution in [2.24, 2.45) is 5.73 Å². The van der Waals surface area contributed by atoms with Gasteiger partial charge in [-0.3, -0.25) is 4.57 Å². The summed E-state index contributed by atoms with van der Waals surface area (Å²) in [5.74, 6) is 0. The van der Waals surface area contributed by atoms with Crippen LogP contribution >= 0.6 is 7.60 Å². The lowest BCUT2D eigenvalue weighted by molar-refractivity contribution is 0.218. The molecule has 0 bridgehead atoms. The van der Waals surface area contributed by atoms with Crippen molar-refractivity contribution in [3.8, 4) is 0 Å². The minimum atomic E-state index is -3.07. The maximum atomic E-state index is 12.3. The van der Waals surface area contributed by atoms with E-state index in [0.717, 1.165) is 5.56 Å². The predicted octanol–water partition coefficient (Wildman–Crippen LogP) is 2.95. The first-order valence-corrected chi connectivity index (χ1v) is 7.52. The Morgan fingerprint density at radius 2 is 1.71 bits per heavy atom. The smallest absolute Gasteiger partial charge is 0.323 e. The van der Waals surface area contributed by atoms with E-state index >= 15 is 0 Å². The monoisotopic (exact) mass is 257 g/mol. The van der Waals surface area contributed by atoms with Crippen LogP contribution in [0.3, 0.4) is 0 Å². The molecule has 0 fully saturated rings. The fourth-order valence-corrected chi connectivity index (χ4v) is 3.35. The van der Waals surface area contributed by atoms with Gasteiger partial charge in [0, 0.05) is 6.04 Å². The van der Waals surface area contributed by atoms with Crippen molar-refractivity contribution in [3.63, 3.8) is 0 Å². The molecule has 1 rings (SSSR count). The van der Waals surface area contributed by atoms with E-state index in [1.165, 1.54) is 0 Å². The molecule has 0 saturated heterocycles. The molecule has 1 aromatic carbocycles. The topological polar surface area (TPSA) is 61.5 Å². The summed E-state index contributed by atoms with van der Waals surface area (Å²) in [7, 11) is -3.07. The Morgan fingerprint density at radius 3 is 2.18 bits per heavy atom. The molecule has 0 unspecified atom stereocenters. The Kier molecular flexibility index (Phi) is 5.86. The van der Waals surface area contributed by atoms with Crippen LogP contribution in [0.2, 0.25) is 0 Å². The Balaban J connectivity index is 2.71. The van der Waals surface area contributed by atoms with E-state index in [4.69, 9.17) is 14.8 Å². The zero-order valence-corrected chi connectivity index (χ0v) is 11.2. The maximum absolute atomic E-state index is 12.3. The van der Waals surface area contributed by atoms with Crippen LogP contribution in [-0.2, 0) is 13.6 Å². The molecule has 1 atom stereocenters. The zero-order chi connectivity index (χ0) is 12.7. The first-order valence-electron chi connectivity index (χ1n) is 5.80. The van der Waals surface area contributed by atoms with E-state index in [2.05, 4.69) is 0 Å². The van der Waals surface area contributed by atoms with Gasteiger partial charge in [0.25, 0.3) is 0 Å². The Hall–Kier alpha value is -0.670. The number of nitrogens with two attached hydrogens (primary N) is 1. The van der Waals surface area contributed by atoms with Crippen LogP contribution in [0.5, 0.6) is 0 Å². The summed E-state index contributed by atoms with van der Waals surface area (Å²) in [6, 6.07) is 9.21. The van der Waals surface area contributed by atoms with Gasteiger partial charge < -0.3 is 14.8 Å². The molecule has 0 radical (unpaired) electrons. The Bertz CT molecular complexity index is 359. The van der Waals surface area contributed by atoms with Crippen molar-refractivity contribution < 1.29 is 13.6 Å². The van der Waals surface area contributed by atoms with Crippen molar-refractivity contribution in [2.45, 2.75) is 19.9 Å². The molecular weight excluding hydrogens is 237 g/mol. The van der Waals surface area contributed by atoms with Crippen LogP contribution in [-0.4, -0.2) is 19.4 Å². The quantitative estimate of drug-likeness (QED) is 0.763. The number of hydrogen-bond acceptors (Lipinski definition) is 4. The lowest BCUT2D eigenvalue weighted by Gasteiger charge is -2.20. The summed E-state index contributed by atoms with van der Waals surface area (Å²) >= 11 is 0. The summed E-state index contributed by atoms with van der Waals surface area (Å²) in [4.78, 5) is 0. The van der Waals surface area contributed by atoms with Gasteiger partial charge in [-0.15, -0.1) is 0 Å². The molecule has 0 saturated carbocycles. The second-order valence-electron chi connectivity index (χ2n) is 3.65. The second-order valence-corrected chi connectivity index (χ2v) is 5.75. The molecule has 17 heavy (non-hydrogen) atoms. The zero-order valence-electron chi connectivity index (χ0n) is 10.3. The van der Waals surface area contributed by atoms with E-state index in [-0.39, 0.29) is 12.2 Å². The highest BCUT2D eigenvalue weighted by molar-refractivity contribution is 7.53. The van der Waals surface area contributed by atoms with Crippen LogP contribution in [0.1, 0.15) is 25.5 Å². The number of benzene rings is 1. The van der Waals surface area contributed by atoms with Crippen molar-refractivity contribution in [1.29, 1.82) is 0 Å². The average Bonchev–Trinajstić information content (AvgIpc) is 2.30. The van der Waals surface area contributed by atoms with Crippen LogP contribution in [0.25, 0.3) is 0 Å². The van der Waals surface area contributed by atoms with Crippen LogP contribution in [0.15, 0.2) is 30.3 Å². The molecule has 96 valence electrons. The summed E-state index contributed by atoms with van der Waals surface area (Å²) < 4.78 is 22.7. The SMILES string of the molecule is CCOP(=O)(C[C@@H](N)c1ccccc1)OCC. The molecule has 0 spiro atoms. The van der Waals surface area contributed by atoms with Gasteiger partial charge in [0.1, 0.15) is 0 Å². The van der Waals surface area contributed by atoms with Crippen molar-refractivity contribution in [3.05, 3.63) is 35.9 Å². The summed E-state index contributed by atoms with van der Waals surface area (Å²) in [5.41, 5.74) is 6.95. The Morgan fingerprint density at radius 1 is 1.18 bits per heavy atom. The summed E-state index contributed by atoms with van der Waals surface area (Å²) in [5, 5.41) is 0. The van der Waals surface area contributed by atoms with Crippen LogP contribution in [0, 0.1) is 0 Å². The molecular formula is C12H20NO3P. The molecule has 0 aromatic heterocycles. The predicted molar refractivity (Wildman–Crippen MR) is 69.1 cm³/mol. The third kappa shape index (κ3) is 4.60. The first-order chi connectivity index (χ1) is 8.11. The van der Waals surface area contributed by atoms with E-state index in [0.29, 0.717) is 13.2 Å². The third-order valence-corrected chi connectivity index (χ3v) is 4.44. The molecule has 2 N–H and O–H groups in total. The lowest BCUT2D eigenvalue weighted by atomic mass is 10.1. The first kappa shape index (κ1) is 14.4. The second kappa shape index (κ2) is 6.92. The van der Waals surface area contributed by atoms with Crippen molar-refractivity contribution in [1.82, 2.24) is 0 Å². The standard InChI is InChI=1S/C12H20NO3P/c1-3-15-17(14,16-4-2)10-12(13)11-8-6-5-7-9-11/h5-9,12H,3-4,10,13H2,1-2H3/t12-/m1/s1. The van der Waals surface area contributed by atoms with Gasteiger partial charge in [-0.1, -0.05) is 30.3 Å². The number of rotatable bonds is 7. The molecule has 0 aliphatic heterocycles. The Labute approximate surface area is 103 Å². The van der Waals surface area contributed by atoms with Gasteiger partial charge >= 0.3 is 7.60 Å². The van der Waals surface area contributed by atoms with Gasteiger partial charge in [0.2, 0.25) is 0 Å². The minimum absolute atomic E-state index is 0.207. The van der Waals surface area contributed by atoms with Crippen molar-refractivity contribution in [2.75, 3.05) is 19.4 Å². The van der Waals surface area contributed by atoms with E-state index in [1.54, 1.807) is 13.8 Å². The number of hydrogen-bond donors (Lipinski definition) is 1. The van der Waals surface area contributed by atoms with E-state index in [9.17, 15) is 4.57 Å². The van der Waals surface area contributed by atoms with Gasteiger partial charge in [0.05, 0.1) is 19.4 Å². The third-order valence-electron chi connectivity index (χ3n) is 2.30. The van der Waals surface area contributed by atoms with E-state index < -0.39 is 7.60 Å². The van der Waals surface area contributed by atoms with Gasteiger partial charge in [-0.05, 0) is 19.4 Å². The molecule has 0 aliphatic carbocycles. The average molecular weight is 257 g/mol. The minimum Gasteiger partial charge on any atom is -0.323 e. The summed E-state index contributed by atoms with van der Waals surface area (Å²) in [6.07, 6.45) is 0.207. The van der Waals surface area contributed by atoms with Gasteiger partial charge in [0.15, 0.2) is 0 Å². The van der Waals surface area contributed by atoms with Crippen LogP contribution in [0.4, 0.5) is 0 Å². The fraction of sp³-hybridized carbons (Fsp3) is 0.500. The largest absolute Gasteiger partial charge is 0.332 e.